The molecule has 0 spiro atoms. The zero-order chi connectivity index (χ0) is 16.1. The number of carbonyl (C=O) groups excluding carboxylic acids is 1. The molecule has 1 aliphatic heterocycles. The number of hydrogen-bond acceptors (Lipinski definition) is 4. The highest BCUT2D eigenvalue weighted by Gasteiger charge is 2.20. The smallest absolute Gasteiger partial charge is 0.323 e. The Hall–Kier alpha value is -0.970. The number of halogens is 2. The number of benzene rings is 1. The average molecular weight is 345 g/mol. The minimum absolute atomic E-state index is 0.321. The highest BCUT2D eigenvalue weighted by molar-refractivity contribution is 6.39. The molecule has 1 saturated heterocycles. The fourth-order valence-corrected chi connectivity index (χ4v) is 3.51. The van der Waals surface area contributed by atoms with Gasteiger partial charge in [0, 0.05) is 13.1 Å². The molecule has 1 atom stereocenters. The second kappa shape index (κ2) is 8.04. The summed E-state index contributed by atoms with van der Waals surface area (Å²) < 4.78 is 4.92. The van der Waals surface area contributed by atoms with Crippen molar-refractivity contribution in [3.05, 3.63) is 27.7 Å². The molecule has 2 rings (SSSR count). The van der Waals surface area contributed by atoms with Gasteiger partial charge in [-0.25, -0.2) is 0 Å². The molecular weight excluding hydrogens is 323 g/mol. The molecule has 0 amide bonds. The number of rotatable bonds is 5. The van der Waals surface area contributed by atoms with Crippen LogP contribution in [0.15, 0.2) is 12.1 Å². The van der Waals surface area contributed by atoms with Gasteiger partial charge in [-0.05, 0) is 50.3 Å². The molecule has 1 heterocycles. The van der Waals surface area contributed by atoms with E-state index in [0.717, 1.165) is 37.2 Å². The van der Waals surface area contributed by atoms with Gasteiger partial charge in [-0.15, -0.1) is 0 Å². The van der Waals surface area contributed by atoms with E-state index < -0.39 is 12.0 Å². The normalized spacial score (nSPS) is 16.5. The van der Waals surface area contributed by atoms with Crippen LogP contribution < -0.4 is 10.6 Å². The quantitative estimate of drug-likeness (QED) is 0.831. The Morgan fingerprint density at radius 2 is 1.86 bits per heavy atom. The molecule has 0 bridgehead atoms. The van der Waals surface area contributed by atoms with Gasteiger partial charge in [0.15, 0.2) is 0 Å². The van der Waals surface area contributed by atoms with Crippen molar-refractivity contribution in [2.45, 2.75) is 38.6 Å². The summed E-state index contributed by atoms with van der Waals surface area (Å²) in [5, 5.41) is 1.22. The van der Waals surface area contributed by atoms with Crippen LogP contribution >= 0.6 is 23.2 Å². The van der Waals surface area contributed by atoms with Crippen molar-refractivity contribution in [2.24, 2.45) is 5.73 Å². The number of nitrogens with zero attached hydrogens (tertiary/aromatic N) is 1. The third-order valence-electron chi connectivity index (χ3n) is 3.79. The van der Waals surface area contributed by atoms with Crippen LogP contribution in [0.3, 0.4) is 0 Å². The summed E-state index contributed by atoms with van der Waals surface area (Å²) in [5.74, 6) is -0.408. The molecule has 1 unspecified atom stereocenters. The summed E-state index contributed by atoms with van der Waals surface area (Å²) in [5.41, 5.74) is 7.57. The van der Waals surface area contributed by atoms with Gasteiger partial charge in [0.1, 0.15) is 6.04 Å². The molecule has 1 aliphatic rings. The third kappa shape index (κ3) is 4.28. The van der Waals surface area contributed by atoms with Gasteiger partial charge in [0.25, 0.3) is 0 Å². The van der Waals surface area contributed by atoms with E-state index >= 15 is 0 Å². The fourth-order valence-electron chi connectivity index (χ4n) is 2.74. The Labute approximate surface area is 141 Å². The lowest BCUT2D eigenvalue weighted by Gasteiger charge is -2.30. The molecule has 0 aromatic heterocycles. The summed E-state index contributed by atoms with van der Waals surface area (Å²) in [6, 6.07) is 2.99. The lowest BCUT2D eigenvalue weighted by molar-refractivity contribution is -0.144. The van der Waals surface area contributed by atoms with Crippen LogP contribution in [0.4, 0.5) is 5.69 Å². The second-order valence-electron chi connectivity index (χ2n) is 5.52. The Morgan fingerprint density at radius 1 is 1.27 bits per heavy atom. The monoisotopic (exact) mass is 344 g/mol. The molecule has 1 aromatic rings. The summed E-state index contributed by atoms with van der Waals surface area (Å²) >= 11 is 12.8. The van der Waals surface area contributed by atoms with Crippen molar-refractivity contribution in [2.75, 3.05) is 24.6 Å². The Balaban J connectivity index is 2.13. The Morgan fingerprint density at radius 3 is 2.41 bits per heavy atom. The number of hydrogen-bond donors (Lipinski definition) is 1. The van der Waals surface area contributed by atoms with Crippen LogP contribution in [0, 0.1) is 0 Å². The third-order valence-corrected chi connectivity index (χ3v) is 4.37. The van der Waals surface area contributed by atoms with Gasteiger partial charge in [0.05, 0.1) is 22.3 Å². The summed E-state index contributed by atoms with van der Waals surface area (Å²) in [6.07, 6.45) is 3.92. The molecule has 2 N–H and O–H groups in total. The number of anilines is 1. The predicted octanol–water partition coefficient (Wildman–Crippen LogP) is 3.42. The first-order valence-corrected chi connectivity index (χ1v) is 8.43. The van der Waals surface area contributed by atoms with Crippen molar-refractivity contribution in [3.63, 3.8) is 0 Å². The van der Waals surface area contributed by atoms with Gasteiger partial charge >= 0.3 is 5.97 Å². The average Bonchev–Trinajstić information content (AvgIpc) is 2.47. The standard InChI is InChI=1S/C16H22Cl2N2O2/c1-2-22-16(21)14(19)10-11-8-12(17)15(13(18)9-11)20-6-4-3-5-7-20/h8-9,14H,2-7,10,19H2,1H3. The molecule has 22 heavy (non-hydrogen) atoms. The first-order valence-electron chi connectivity index (χ1n) is 7.68. The van der Waals surface area contributed by atoms with E-state index in [1.54, 1.807) is 6.92 Å². The SMILES string of the molecule is CCOC(=O)C(N)Cc1cc(Cl)c(N2CCCCC2)c(Cl)c1. The van der Waals surface area contributed by atoms with Gasteiger partial charge in [0.2, 0.25) is 0 Å². The first-order chi connectivity index (χ1) is 10.5. The molecular formula is C16H22Cl2N2O2. The van der Waals surface area contributed by atoms with Crippen molar-refractivity contribution in [3.8, 4) is 0 Å². The van der Waals surface area contributed by atoms with E-state index in [1.807, 2.05) is 12.1 Å². The maximum atomic E-state index is 11.6. The van der Waals surface area contributed by atoms with Gasteiger partial charge in [-0.2, -0.15) is 0 Å². The lowest BCUT2D eigenvalue weighted by Crippen LogP contribution is -2.34. The van der Waals surface area contributed by atoms with Crippen LogP contribution in [0.2, 0.25) is 10.0 Å². The van der Waals surface area contributed by atoms with Crippen molar-refractivity contribution >= 4 is 34.9 Å². The summed E-state index contributed by atoms with van der Waals surface area (Å²) in [6.45, 7) is 4.02. The number of esters is 1. The van der Waals surface area contributed by atoms with Crippen LogP contribution in [-0.2, 0) is 16.0 Å². The molecule has 6 heteroatoms. The largest absolute Gasteiger partial charge is 0.465 e. The molecule has 0 aliphatic carbocycles. The highest BCUT2D eigenvalue weighted by Crippen LogP contribution is 2.36. The van der Waals surface area contributed by atoms with E-state index in [-0.39, 0.29) is 0 Å². The molecule has 1 fully saturated rings. The van der Waals surface area contributed by atoms with Gasteiger partial charge in [-0.3, -0.25) is 4.79 Å². The topological polar surface area (TPSA) is 55.6 Å². The molecule has 4 nitrogen and oxygen atoms in total. The maximum Gasteiger partial charge on any atom is 0.323 e. The van der Waals surface area contributed by atoms with Crippen molar-refractivity contribution in [1.82, 2.24) is 0 Å². The van der Waals surface area contributed by atoms with E-state index in [0.29, 0.717) is 23.1 Å². The molecule has 122 valence electrons. The number of carbonyl (C=O) groups is 1. The van der Waals surface area contributed by atoms with E-state index in [1.165, 1.54) is 6.42 Å². The highest BCUT2D eigenvalue weighted by atomic mass is 35.5. The Kier molecular flexibility index (Phi) is 6.36. The fraction of sp³-hybridized carbons (Fsp3) is 0.562. The van der Waals surface area contributed by atoms with Crippen molar-refractivity contribution in [1.29, 1.82) is 0 Å². The summed E-state index contributed by atoms with van der Waals surface area (Å²) in [4.78, 5) is 13.8. The van der Waals surface area contributed by atoms with Crippen LogP contribution in [-0.4, -0.2) is 31.7 Å². The van der Waals surface area contributed by atoms with E-state index in [4.69, 9.17) is 33.7 Å². The van der Waals surface area contributed by atoms with Crippen LogP contribution in [0.25, 0.3) is 0 Å². The minimum atomic E-state index is -0.701. The Bertz CT molecular complexity index is 508. The maximum absolute atomic E-state index is 11.6. The second-order valence-corrected chi connectivity index (χ2v) is 6.33. The number of ether oxygens (including phenoxy) is 1. The predicted molar refractivity (Wildman–Crippen MR) is 90.8 cm³/mol. The van der Waals surface area contributed by atoms with Gasteiger partial charge in [-0.1, -0.05) is 23.2 Å². The zero-order valence-corrected chi connectivity index (χ0v) is 14.3. The van der Waals surface area contributed by atoms with Crippen LogP contribution in [0.1, 0.15) is 31.7 Å². The molecule has 1 aromatic carbocycles. The number of nitrogens with two attached hydrogens (primary N) is 1. The van der Waals surface area contributed by atoms with Gasteiger partial charge < -0.3 is 15.4 Å². The number of piperidine rings is 1. The molecule has 0 radical (unpaired) electrons. The lowest BCUT2D eigenvalue weighted by atomic mass is 10.0. The first kappa shape index (κ1) is 17.4. The minimum Gasteiger partial charge on any atom is -0.465 e. The summed E-state index contributed by atoms with van der Waals surface area (Å²) in [7, 11) is 0. The van der Waals surface area contributed by atoms with E-state index in [9.17, 15) is 4.79 Å². The van der Waals surface area contributed by atoms with Crippen molar-refractivity contribution < 1.29 is 9.53 Å². The zero-order valence-electron chi connectivity index (χ0n) is 12.8. The molecule has 0 saturated carbocycles. The van der Waals surface area contributed by atoms with E-state index in [2.05, 4.69) is 4.90 Å². The van der Waals surface area contributed by atoms with Crippen LogP contribution in [0.5, 0.6) is 0 Å².